The number of halogens is 1. The summed E-state index contributed by atoms with van der Waals surface area (Å²) in [6.45, 7) is 0.249. The Balaban J connectivity index is 0.00000353. The number of ether oxygens (including phenoxy) is 3. The summed E-state index contributed by atoms with van der Waals surface area (Å²) >= 11 is 0. The first-order chi connectivity index (χ1) is 20.1. The SMILES string of the molecule is COc1cc2c(cc1OC)C(c1ccnc(-n3ccc4c(OCc5cccnc5)cccc4c3=O)c1)=N[C@H](CO)C2.Cl. The van der Waals surface area contributed by atoms with E-state index in [0.717, 1.165) is 22.3 Å². The lowest BCUT2D eigenvalue weighted by Crippen LogP contribution is -2.25. The molecule has 0 fully saturated rings. The number of hydrogen-bond acceptors (Lipinski definition) is 8. The quantitative estimate of drug-likeness (QED) is 0.285. The molecule has 2 aromatic carbocycles. The van der Waals surface area contributed by atoms with E-state index in [4.69, 9.17) is 19.2 Å². The molecular formula is C32H29ClN4O5. The molecule has 214 valence electrons. The zero-order chi connectivity index (χ0) is 28.3. The van der Waals surface area contributed by atoms with Gasteiger partial charge in [-0.25, -0.2) is 4.98 Å². The minimum atomic E-state index is -0.305. The third kappa shape index (κ3) is 5.44. The first kappa shape index (κ1) is 28.8. The van der Waals surface area contributed by atoms with Crippen LogP contribution in [0.3, 0.4) is 0 Å². The lowest BCUT2D eigenvalue weighted by atomic mass is 9.90. The highest BCUT2D eigenvalue weighted by molar-refractivity contribution is 6.15. The number of aromatic nitrogens is 3. The molecule has 1 aliphatic rings. The van der Waals surface area contributed by atoms with Gasteiger partial charge in [0.1, 0.15) is 18.2 Å². The van der Waals surface area contributed by atoms with Crippen molar-refractivity contribution in [2.45, 2.75) is 19.1 Å². The summed E-state index contributed by atoms with van der Waals surface area (Å²) in [7, 11) is 3.18. The smallest absolute Gasteiger partial charge is 0.264 e. The van der Waals surface area contributed by atoms with Gasteiger partial charge in [-0.2, -0.15) is 0 Å². The van der Waals surface area contributed by atoms with Crippen LogP contribution in [0.1, 0.15) is 22.3 Å². The number of methoxy groups -OCH3 is 2. The Bertz CT molecular complexity index is 1820. The third-order valence-electron chi connectivity index (χ3n) is 7.13. The molecule has 0 aliphatic carbocycles. The van der Waals surface area contributed by atoms with Gasteiger partial charge < -0.3 is 19.3 Å². The molecule has 0 bridgehead atoms. The largest absolute Gasteiger partial charge is 0.493 e. The molecule has 9 nitrogen and oxygen atoms in total. The van der Waals surface area contributed by atoms with Crippen molar-refractivity contribution in [1.29, 1.82) is 0 Å². The van der Waals surface area contributed by atoms with Gasteiger partial charge in [0, 0.05) is 46.9 Å². The molecule has 0 saturated carbocycles. The summed E-state index contributed by atoms with van der Waals surface area (Å²) < 4.78 is 18.6. The molecule has 1 aliphatic heterocycles. The predicted octanol–water partition coefficient (Wildman–Crippen LogP) is 4.55. The molecule has 1 N–H and O–H groups in total. The minimum absolute atomic E-state index is 0. The second-order valence-electron chi connectivity index (χ2n) is 9.64. The predicted molar refractivity (Wildman–Crippen MR) is 163 cm³/mol. The fourth-order valence-electron chi connectivity index (χ4n) is 5.09. The maximum atomic E-state index is 13.7. The zero-order valence-corrected chi connectivity index (χ0v) is 23.9. The van der Waals surface area contributed by atoms with Crippen LogP contribution >= 0.6 is 12.4 Å². The normalized spacial score (nSPS) is 14.0. The van der Waals surface area contributed by atoms with Crippen LogP contribution < -0.4 is 19.8 Å². The van der Waals surface area contributed by atoms with Gasteiger partial charge >= 0.3 is 0 Å². The zero-order valence-electron chi connectivity index (χ0n) is 23.1. The maximum absolute atomic E-state index is 13.7. The van der Waals surface area contributed by atoms with Crippen molar-refractivity contribution in [1.82, 2.24) is 14.5 Å². The van der Waals surface area contributed by atoms with Gasteiger partial charge in [-0.3, -0.25) is 19.3 Å². The maximum Gasteiger partial charge on any atom is 0.264 e. The Morgan fingerprint density at radius 1 is 0.952 bits per heavy atom. The van der Waals surface area contributed by atoms with Gasteiger partial charge in [-0.05, 0) is 60.5 Å². The summed E-state index contributed by atoms with van der Waals surface area (Å²) in [6, 6.07) is 18.3. The highest BCUT2D eigenvalue weighted by atomic mass is 35.5. The topological polar surface area (TPSA) is 108 Å². The molecule has 4 heterocycles. The molecule has 3 aromatic heterocycles. The lowest BCUT2D eigenvalue weighted by Gasteiger charge is -2.24. The van der Waals surface area contributed by atoms with Gasteiger partial charge in [0.15, 0.2) is 11.5 Å². The fourth-order valence-corrected chi connectivity index (χ4v) is 5.09. The molecule has 5 aromatic rings. The van der Waals surface area contributed by atoms with Gasteiger partial charge in [0.05, 0.1) is 38.0 Å². The number of rotatable bonds is 8. The average molecular weight is 585 g/mol. The summed E-state index contributed by atoms with van der Waals surface area (Å²) in [5.74, 6) is 2.27. The number of aliphatic hydroxyl groups excluding tert-OH is 1. The molecule has 0 unspecified atom stereocenters. The summed E-state index contributed by atoms with van der Waals surface area (Å²) in [4.78, 5) is 27.1. The molecule has 0 spiro atoms. The van der Waals surface area contributed by atoms with E-state index in [-0.39, 0.29) is 30.6 Å². The highest BCUT2D eigenvalue weighted by Crippen LogP contribution is 2.35. The van der Waals surface area contributed by atoms with E-state index in [0.29, 0.717) is 52.6 Å². The molecule has 10 heteroatoms. The summed E-state index contributed by atoms with van der Waals surface area (Å²) in [5, 5.41) is 11.2. The van der Waals surface area contributed by atoms with E-state index in [1.807, 2.05) is 48.5 Å². The molecule has 0 amide bonds. The number of benzene rings is 2. The van der Waals surface area contributed by atoms with Crippen LogP contribution in [-0.2, 0) is 13.0 Å². The Kier molecular flexibility index (Phi) is 8.51. The van der Waals surface area contributed by atoms with Crippen molar-refractivity contribution in [3.63, 3.8) is 0 Å². The number of aliphatic hydroxyl groups is 1. The lowest BCUT2D eigenvalue weighted by molar-refractivity contribution is 0.265. The molecule has 0 saturated heterocycles. The van der Waals surface area contributed by atoms with Gasteiger partial charge in [-0.1, -0.05) is 12.1 Å². The van der Waals surface area contributed by atoms with E-state index >= 15 is 0 Å². The van der Waals surface area contributed by atoms with Crippen LogP contribution in [-0.4, -0.2) is 52.2 Å². The van der Waals surface area contributed by atoms with Crippen LogP contribution in [0, 0.1) is 0 Å². The number of aliphatic imine (C=N–C) groups is 1. The standard InChI is InChI=1S/C32H28N4O5.ClH/c1-39-28-14-22-13-23(18-37)35-31(26(22)16-29(28)40-2)21-8-11-34-30(15-21)36-12-9-24-25(32(36)38)6-3-7-27(24)41-19-20-5-4-10-33-17-20;/h3-12,14-17,23,37H,13,18-19H2,1-2H3;1H/t23-;/m0./s1. The molecule has 1 atom stereocenters. The van der Waals surface area contributed by atoms with Crippen molar-refractivity contribution in [3.8, 4) is 23.1 Å². The van der Waals surface area contributed by atoms with E-state index in [1.165, 1.54) is 4.57 Å². The van der Waals surface area contributed by atoms with Crippen LogP contribution in [0.4, 0.5) is 0 Å². The fraction of sp³-hybridized carbons (Fsp3) is 0.188. The molecule has 6 rings (SSSR count). The second kappa shape index (κ2) is 12.4. The van der Waals surface area contributed by atoms with Crippen LogP contribution in [0.15, 0.2) is 95.2 Å². The Morgan fingerprint density at radius 3 is 2.55 bits per heavy atom. The Hall–Kier alpha value is -4.73. The van der Waals surface area contributed by atoms with Gasteiger partial charge in [0.2, 0.25) is 0 Å². The first-order valence-electron chi connectivity index (χ1n) is 13.2. The van der Waals surface area contributed by atoms with Crippen molar-refractivity contribution in [2.24, 2.45) is 4.99 Å². The molecule has 42 heavy (non-hydrogen) atoms. The first-order valence-corrected chi connectivity index (χ1v) is 13.2. The third-order valence-corrected chi connectivity index (χ3v) is 7.13. The second-order valence-corrected chi connectivity index (χ2v) is 9.64. The number of hydrogen-bond donors (Lipinski definition) is 1. The van der Waals surface area contributed by atoms with E-state index < -0.39 is 0 Å². The Morgan fingerprint density at radius 2 is 1.79 bits per heavy atom. The highest BCUT2D eigenvalue weighted by Gasteiger charge is 2.25. The van der Waals surface area contributed by atoms with Gasteiger partial charge in [0.25, 0.3) is 5.56 Å². The Labute approximate surface area is 248 Å². The number of fused-ring (bicyclic) bond motifs is 2. The van der Waals surface area contributed by atoms with Gasteiger partial charge in [-0.15, -0.1) is 12.4 Å². The van der Waals surface area contributed by atoms with E-state index in [1.54, 1.807) is 51.1 Å². The molecule has 0 radical (unpaired) electrons. The van der Waals surface area contributed by atoms with E-state index in [9.17, 15) is 9.90 Å². The van der Waals surface area contributed by atoms with E-state index in [2.05, 4.69) is 9.97 Å². The van der Waals surface area contributed by atoms with Crippen LogP contribution in [0.5, 0.6) is 17.2 Å². The van der Waals surface area contributed by atoms with Crippen molar-refractivity contribution in [3.05, 3.63) is 118 Å². The van der Waals surface area contributed by atoms with Crippen molar-refractivity contribution >= 4 is 28.9 Å². The summed E-state index contributed by atoms with van der Waals surface area (Å²) in [6.07, 6.45) is 7.39. The average Bonchev–Trinajstić information content (AvgIpc) is 3.03. The van der Waals surface area contributed by atoms with Crippen LogP contribution in [0.2, 0.25) is 0 Å². The number of pyridine rings is 3. The van der Waals surface area contributed by atoms with Crippen LogP contribution in [0.25, 0.3) is 16.6 Å². The summed E-state index contributed by atoms with van der Waals surface area (Å²) in [5.41, 5.74) is 4.05. The number of nitrogens with zero attached hydrogens (tertiary/aromatic N) is 4. The van der Waals surface area contributed by atoms with Crippen molar-refractivity contribution in [2.75, 3.05) is 20.8 Å². The minimum Gasteiger partial charge on any atom is -0.493 e. The van der Waals surface area contributed by atoms with Crippen molar-refractivity contribution < 1.29 is 19.3 Å². The monoisotopic (exact) mass is 584 g/mol. The molecular weight excluding hydrogens is 556 g/mol.